The highest BCUT2D eigenvalue weighted by Gasteiger charge is 2.19. The molecule has 0 saturated carbocycles. The average Bonchev–Trinajstić information content (AvgIpc) is 2.35. The van der Waals surface area contributed by atoms with Crippen LogP contribution in [0.25, 0.3) is 5.57 Å². The predicted molar refractivity (Wildman–Crippen MR) is 70.4 cm³/mol. The van der Waals surface area contributed by atoms with Gasteiger partial charge in [-0.05, 0) is 23.0 Å². The Labute approximate surface area is 105 Å². The first kappa shape index (κ1) is 10.2. The minimum atomic E-state index is -0.0796. The summed E-state index contributed by atoms with van der Waals surface area (Å²) in [6.07, 6.45) is 5.54. The Morgan fingerprint density at radius 1 is 1.41 bits per heavy atom. The van der Waals surface area contributed by atoms with E-state index in [0.29, 0.717) is 12.1 Å². The fourth-order valence-electron chi connectivity index (χ4n) is 1.75. The molecule has 1 aliphatic rings. The first-order valence-electron chi connectivity index (χ1n) is 6.39. The summed E-state index contributed by atoms with van der Waals surface area (Å²) in [7, 11) is 0. The second-order valence-electron chi connectivity index (χ2n) is 4.45. The Morgan fingerprint density at radius 3 is 2.53 bits per heavy atom. The first-order valence-corrected chi connectivity index (χ1v) is 5.39. The lowest BCUT2D eigenvalue weighted by Gasteiger charge is -2.25. The number of hydrogen-bond acceptors (Lipinski definition) is 2. The molecule has 0 unspecified atom stereocenters. The number of hydrogen-bond donors (Lipinski definition) is 1. The number of benzene rings is 1. The van der Waals surface area contributed by atoms with Crippen molar-refractivity contribution in [2.45, 2.75) is 20.3 Å². The highest BCUT2D eigenvalue weighted by Crippen LogP contribution is 2.35. The molecule has 2 heteroatoms. The van der Waals surface area contributed by atoms with Gasteiger partial charge in [-0.15, -0.1) is 0 Å². The minimum Gasteiger partial charge on any atom is -0.222 e. The molecule has 1 aromatic carbocycles. The highest BCUT2D eigenvalue weighted by molar-refractivity contribution is 5.69. The van der Waals surface area contributed by atoms with E-state index < -0.39 is 0 Å². The Hall–Kier alpha value is -1.92. The predicted octanol–water partition coefficient (Wildman–Crippen LogP) is 3.96. The maximum atomic E-state index is 8.35. The van der Waals surface area contributed by atoms with Crippen molar-refractivity contribution in [3.05, 3.63) is 54.1 Å². The van der Waals surface area contributed by atoms with E-state index in [4.69, 9.17) is 12.9 Å². The minimum absolute atomic E-state index is 0.0796. The molecule has 2 nitrogen and oxygen atoms in total. The summed E-state index contributed by atoms with van der Waals surface area (Å²) < 4.78 is 15.3. The Bertz CT molecular complexity index is 536. The van der Waals surface area contributed by atoms with Gasteiger partial charge in [-0.25, -0.2) is 10.2 Å². The van der Waals surface area contributed by atoms with Gasteiger partial charge in [-0.1, -0.05) is 62.4 Å². The van der Waals surface area contributed by atoms with Crippen molar-refractivity contribution in [2.24, 2.45) is 5.41 Å². The van der Waals surface area contributed by atoms with Gasteiger partial charge in [0, 0.05) is 0 Å². The second-order valence-corrected chi connectivity index (χ2v) is 4.45. The largest absolute Gasteiger partial charge is 0.231 e. The van der Waals surface area contributed by atoms with Gasteiger partial charge in [0.05, 0.1) is 2.74 Å². The SMILES string of the molecule is N=C=O.[2H]C1=CC=C(c2ccc([2H])cc2)CC1(C)C. The van der Waals surface area contributed by atoms with Crippen molar-refractivity contribution in [1.29, 1.82) is 5.41 Å². The van der Waals surface area contributed by atoms with E-state index in [0.717, 1.165) is 18.1 Å². The molecule has 1 aromatic rings. The van der Waals surface area contributed by atoms with E-state index in [1.54, 1.807) is 0 Å². The molecule has 0 amide bonds. The molecule has 0 aliphatic heterocycles. The van der Waals surface area contributed by atoms with Gasteiger partial charge in [0.15, 0.2) is 0 Å². The number of allylic oxidation sites excluding steroid dienone is 4. The van der Waals surface area contributed by atoms with Gasteiger partial charge in [-0.3, -0.25) is 0 Å². The van der Waals surface area contributed by atoms with E-state index >= 15 is 0 Å². The molecular formula is C15H17NO. The first-order chi connectivity index (χ1) is 8.90. The molecule has 0 fully saturated rings. The Kier molecular flexibility index (Phi) is 3.60. The van der Waals surface area contributed by atoms with Crippen LogP contribution in [0.2, 0.25) is 0 Å². The standard InChI is InChI=1S/C14H16.CHNO/c1-14(2)10-6-9-13(11-14)12-7-4-3-5-8-12;2-1-3/h3-10H,11H2,1-2H3;2H/i3D,10D;. The van der Waals surface area contributed by atoms with Crippen LogP contribution in [0.1, 0.15) is 28.6 Å². The molecule has 1 aliphatic carbocycles. The molecule has 0 atom stereocenters. The Morgan fingerprint density at radius 2 is 2.00 bits per heavy atom. The van der Waals surface area contributed by atoms with Crippen molar-refractivity contribution in [3.63, 3.8) is 0 Å². The van der Waals surface area contributed by atoms with Crippen LogP contribution in [0.15, 0.2) is 48.5 Å². The van der Waals surface area contributed by atoms with Gasteiger partial charge in [0.2, 0.25) is 6.08 Å². The smallest absolute Gasteiger partial charge is 0.222 e. The highest BCUT2D eigenvalue weighted by atomic mass is 16.1. The van der Waals surface area contributed by atoms with E-state index in [1.165, 1.54) is 5.57 Å². The molecule has 0 heterocycles. The van der Waals surface area contributed by atoms with Crippen LogP contribution in [0.4, 0.5) is 0 Å². The zero-order valence-electron chi connectivity index (χ0n) is 12.1. The van der Waals surface area contributed by atoms with Crippen molar-refractivity contribution in [1.82, 2.24) is 0 Å². The molecule has 0 aromatic heterocycles. The van der Waals surface area contributed by atoms with Crippen LogP contribution < -0.4 is 0 Å². The monoisotopic (exact) mass is 229 g/mol. The van der Waals surface area contributed by atoms with Gasteiger partial charge in [-0.2, -0.15) is 0 Å². The van der Waals surface area contributed by atoms with Gasteiger partial charge < -0.3 is 0 Å². The van der Waals surface area contributed by atoms with Crippen LogP contribution in [0.5, 0.6) is 0 Å². The van der Waals surface area contributed by atoms with Crippen molar-refractivity contribution in [3.8, 4) is 0 Å². The van der Waals surface area contributed by atoms with Crippen LogP contribution in [-0.4, -0.2) is 6.08 Å². The molecule has 2 rings (SSSR count). The lowest BCUT2D eigenvalue weighted by atomic mass is 9.80. The summed E-state index contributed by atoms with van der Waals surface area (Å²) in [5, 5.41) is 5.40. The quantitative estimate of drug-likeness (QED) is 0.574. The van der Waals surface area contributed by atoms with E-state index in [2.05, 4.69) is 13.8 Å². The summed E-state index contributed by atoms with van der Waals surface area (Å²) in [6, 6.07) is 8.80. The fraction of sp³-hybridized carbons (Fsp3) is 0.267. The third kappa shape index (κ3) is 4.21. The van der Waals surface area contributed by atoms with Gasteiger partial charge >= 0.3 is 0 Å². The summed E-state index contributed by atoms with van der Waals surface area (Å²) in [4.78, 5) is 8.35. The topological polar surface area (TPSA) is 40.9 Å². The van der Waals surface area contributed by atoms with Crippen molar-refractivity contribution in [2.75, 3.05) is 0 Å². The van der Waals surface area contributed by atoms with E-state index in [-0.39, 0.29) is 5.41 Å². The van der Waals surface area contributed by atoms with Crippen LogP contribution in [0.3, 0.4) is 0 Å². The van der Waals surface area contributed by atoms with Crippen molar-refractivity contribution < 1.29 is 7.54 Å². The third-order valence-corrected chi connectivity index (χ3v) is 2.48. The lowest BCUT2D eigenvalue weighted by Crippen LogP contribution is -2.10. The van der Waals surface area contributed by atoms with Crippen LogP contribution in [-0.2, 0) is 4.79 Å². The lowest BCUT2D eigenvalue weighted by molar-refractivity contribution is 0.492. The summed E-state index contributed by atoms with van der Waals surface area (Å²) in [5.41, 5.74) is 2.33. The van der Waals surface area contributed by atoms with Gasteiger partial charge in [0.25, 0.3) is 0 Å². The molecule has 0 spiro atoms. The normalized spacial score (nSPS) is 18.5. The maximum Gasteiger partial charge on any atom is 0.231 e. The zero-order chi connectivity index (χ0) is 14.5. The number of nitrogens with one attached hydrogen (secondary N) is 1. The molecule has 1 N–H and O–H groups in total. The second kappa shape index (κ2) is 5.97. The van der Waals surface area contributed by atoms with Crippen LogP contribution in [0, 0.1) is 10.8 Å². The molecule has 0 radical (unpaired) electrons. The Balaban J connectivity index is 0.000000550. The van der Waals surface area contributed by atoms with E-state index in [9.17, 15) is 0 Å². The number of isocyanates is 1. The number of carbonyl (C=O) groups excluding carboxylic acids is 1. The zero-order valence-corrected chi connectivity index (χ0v) is 10.1. The summed E-state index contributed by atoms with van der Waals surface area (Å²) in [5.74, 6) is 0. The number of rotatable bonds is 1. The molecule has 17 heavy (non-hydrogen) atoms. The summed E-state index contributed by atoms with van der Waals surface area (Å²) in [6.45, 7) is 4.19. The molecular weight excluding hydrogens is 210 g/mol. The van der Waals surface area contributed by atoms with E-state index in [1.807, 2.05) is 36.4 Å². The fourth-order valence-corrected chi connectivity index (χ4v) is 1.75. The summed E-state index contributed by atoms with van der Waals surface area (Å²) >= 11 is 0. The van der Waals surface area contributed by atoms with Crippen molar-refractivity contribution >= 4 is 11.7 Å². The third-order valence-electron chi connectivity index (χ3n) is 2.48. The molecule has 0 saturated heterocycles. The molecule has 0 bridgehead atoms. The molecule has 88 valence electrons. The average molecular weight is 229 g/mol. The van der Waals surface area contributed by atoms with Gasteiger partial charge in [0.1, 0.15) is 0 Å². The van der Waals surface area contributed by atoms with Crippen LogP contribution >= 0.6 is 0 Å². The maximum absolute atomic E-state index is 8.35.